The van der Waals surface area contributed by atoms with Gasteiger partial charge in [0, 0.05) is 18.7 Å². The van der Waals surface area contributed by atoms with Crippen molar-refractivity contribution in [2.45, 2.75) is 0 Å². The Morgan fingerprint density at radius 3 is 3.00 bits per heavy atom. The standard InChI is InChI=1S/C11H12N4O4/c1-12-2-3-19-10-5-8-7(4-9(10)15(17)18)11(16)14-6-13-8/h4-6,12H,2-3H2,1H3,(H,13,14,16). The molecule has 0 saturated heterocycles. The molecule has 1 aromatic heterocycles. The van der Waals surface area contributed by atoms with Crippen LogP contribution in [0.1, 0.15) is 0 Å². The van der Waals surface area contributed by atoms with Gasteiger partial charge in [0.1, 0.15) is 6.61 Å². The summed E-state index contributed by atoms with van der Waals surface area (Å²) in [5.74, 6) is 0.103. The van der Waals surface area contributed by atoms with Gasteiger partial charge in [-0.2, -0.15) is 0 Å². The van der Waals surface area contributed by atoms with Gasteiger partial charge in [0.25, 0.3) is 5.56 Å². The zero-order chi connectivity index (χ0) is 13.8. The second-order valence-corrected chi connectivity index (χ2v) is 3.78. The highest BCUT2D eigenvalue weighted by molar-refractivity contribution is 5.82. The maximum Gasteiger partial charge on any atom is 0.311 e. The predicted molar refractivity (Wildman–Crippen MR) is 68.4 cm³/mol. The van der Waals surface area contributed by atoms with Crippen LogP contribution in [0.15, 0.2) is 23.3 Å². The maximum atomic E-state index is 11.6. The number of hydrogen-bond acceptors (Lipinski definition) is 6. The van der Waals surface area contributed by atoms with Crippen molar-refractivity contribution < 1.29 is 9.66 Å². The summed E-state index contributed by atoms with van der Waals surface area (Å²) in [7, 11) is 1.75. The average molecular weight is 264 g/mol. The molecule has 0 aliphatic carbocycles. The van der Waals surface area contributed by atoms with Crippen molar-refractivity contribution in [2.75, 3.05) is 20.2 Å². The van der Waals surface area contributed by atoms with Crippen LogP contribution in [0, 0.1) is 10.1 Å². The van der Waals surface area contributed by atoms with Crippen LogP contribution < -0.4 is 15.6 Å². The molecule has 19 heavy (non-hydrogen) atoms. The average Bonchev–Trinajstić information content (AvgIpc) is 2.38. The molecule has 0 aliphatic rings. The van der Waals surface area contributed by atoms with Crippen molar-refractivity contribution in [3.63, 3.8) is 0 Å². The molecule has 0 spiro atoms. The molecule has 2 N–H and O–H groups in total. The predicted octanol–water partition coefficient (Wildman–Crippen LogP) is 0.429. The van der Waals surface area contributed by atoms with Crippen LogP contribution in [0.2, 0.25) is 0 Å². The minimum Gasteiger partial charge on any atom is -0.485 e. The Labute approximate surface area is 107 Å². The lowest BCUT2D eigenvalue weighted by molar-refractivity contribution is -0.385. The largest absolute Gasteiger partial charge is 0.485 e. The molecule has 1 heterocycles. The Morgan fingerprint density at radius 2 is 2.32 bits per heavy atom. The van der Waals surface area contributed by atoms with Gasteiger partial charge in [-0.15, -0.1) is 0 Å². The number of likely N-dealkylation sites (N-methyl/N-ethyl adjacent to an activating group) is 1. The minimum atomic E-state index is -0.583. The summed E-state index contributed by atoms with van der Waals surface area (Å²) in [6.45, 7) is 0.837. The number of hydrogen-bond donors (Lipinski definition) is 2. The van der Waals surface area contributed by atoms with Crippen molar-refractivity contribution >= 4 is 16.6 Å². The molecule has 0 amide bonds. The van der Waals surface area contributed by atoms with E-state index in [1.807, 2.05) is 0 Å². The molecule has 0 saturated carbocycles. The van der Waals surface area contributed by atoms with E-state index in [1.165, 1.54) is 18.5 Å². The smallest absolute Gasteiger partial charge is 0.311 e. The van der Waals surface area contributed by atoms with Crippen LogP contribution in [0.3, 0.4) is 0 Å². The first-order chi connectivity index (χ1) is 9.13. The molecule has 0 fully saturated rings. The maximum absolute atomic E-state index is 11.6. The summed E-state index contributed by atoms with van der Waals surface area (Å²) in [4.78, 5) is 28.3. The van der Waals surface area contributed by atoms with Gasteiger partial charge >= 0.3 is 5.69 Å². The third-order valence-electron chi connectivity index (χ3n) is 2.53. The molecule has 100 valence electrons. The molecular formula is C11H12N4O4. The van der Waals surface area contributed by atoms with Crippen molar-refractivity contribution in [2.24, 2.45) is 0 Å². The number of aromatic amines is 1. The van der Waals surface area contributed by atoms with E-state index in [-0.39, 0.29) is 23.4 Å². The Kier molecular flexibility index (Phi) is 3.71. The third kappa shape index (κ3) is 2.68. The van der Waals surface area contributed by atoms with E-state index in [0.29, 0.717) is 12.1 Å². The molecule has 2 aromatic rings. The zero-order valence-corrected chi connectivity index (χ0v) is 10.2. The molecule has 8 heteroatoms. The van der Waals surface area contributed by atoms with E-state index < -0.39 is 10.5 Å². The quantitative estimate of drug-likeness (QED) is 0.460. The van der Waals surface area contributed by atoms with E-state index in [9.17, 15) is 14.9 Å². The number of rotatable bonds is 5. The first-order valence-electron chi connectivity index (χ1n) is 5.56. The first kappa shape index (κ1) is 13.0. The van der Waals surface area contributed by atoms with Crippen LogP contribution in [0.25, 0.3) is 10.9 Å². The second-order valence-electron chi connectivity index (χ2n) is 3.78. The minimum absolute atomic E-state index is 0.103. The van der Waals surface area contributed by atoms with Crippen LogP contribution >= 0.6 is 0 Å². The summed E-state index contributed by atoms with van der Waals surface area (Å²) in [5.41, 5.74) is -0.314. The van der Waals surface area contributed by atoms with Gasteiger partial charge in [0.05, 0.1) is 22.2 Å². The summed E-state index contributed by atoms with van der Waals surface area (Å²) in [6, 6.07) is 2.58. The number of fused-ring (bicyclic) bond motifs is 1. The lowest BCUT2D eigenvalue weighted by atomic mass is 10.2. The number of nitrogens with zero attached hydrogens (tertiary/aromatic N) is 2. The fourth-order valence-corrected chi connectivity index (χ4v) is 1.61. The summed E-state index contributed by atoms with van der Waals surface area (Å²) in [6.07, 6.45) is 1.24. The van der Waals surface area contributed by atoms with Gasteiger partial charge in [-0.3, -0.25) is 14.9 Å². The number of benzene rings is 1. The van der Waals surface area contributed by atoms with Crippen LogP contribution in [-0.2, 0) is 0 Å². The van der Waals surface area contributed by atoms with Crippen LogP contribution in [0.4, 0.5) is 5.69 Å². The SMILES string of the molecule is CNCCOc1cc2nc[nH]c(=O)c2cc1[N+](=O)[O-]. The number of nitro groups is 1. The Morgan fingerprint density at radius 1 is 1.53 bits per heavy atom. The lowest BCUT2D eigenvalue weighted by Crippen LogP contribution is -2.16. The topological polar surface area (TPSA) is 110 Å². The Hall–Kier alpha value is -2.48. The van der Waals surface area contributed by atoms with Crippen molar-refractivity contribution in [3.8, 4) is 5.75 Å². The summed E-state index contributed by atoms with van der Waals surface area (Å²) < 4.78 is 5.33. The molecular weight excluding hydrogens is 252 g/mol. The molecule has 0 radical (unpaired) electrons. The number of nitro benzene ring substituents is 1. The number of nitrogens with one attached hydrogen (secondary N) is 2. The molecule has 8 nitrogen and oxygen atoms in total. The summed E-state index contributed by atoms with van der Waals surface area (Å²) >= 11 is 0. The van der Waals surface area contributed by atoms with E-state index in [0.717, 1.165) is 0 Å². The van der Waals surface area contributed by atoms with Gasteiger partial charge in [-0.05, 0) is 7.05 Å². The molecule has 0 atom stereocenters. The molecule has 0 bridgehead atoms. The Bertz CT molecular complexity index is 667. The van der Waals surface area contributed by atoms with Gasteiger partial charge in [0.2, 0.25) is 0 Å². The monoisotopic (exact) mass is 264 g/mol. The number of aromatic nitrogens is 2. The highest BCUT2D eigenvalue weighted by Crippen LogP contribution is 2.29. The highest BCUT2D eigenvalue weighted by atomic mass is 16.6. The molecule has 2 rings (SSSR count). The van der Waals surface area contributed by atoms with Crippen LogP contribution in [-0.4, -0.2) is 35.1 Å². The lowest BCUT2D eigenvalue weighted by Gasteiger charge is -2.07. The fraction of sp³-hybridized carbons (Fsp3) is 0.273. The first-order valence-corrected chi connectivity index (χ1v) is 5.56. The second kappa shape index (κ2) is 5.44. The van der Waals surface area contributed by atoms with Crippen molar-refractivity contribution in [1.82, 2.24) is 15.3 Å². The Balaban J connectivity index is 2.52. The van der Waals surface area contributed by atoms with E-state index in [1.54, 1.807) is 7.05 Å². The van der Waals surface area contributed by atoms with Crippen molar-refractivity contribution in [3.05, 3.63) is 38.9 Å². The summed E-state index contributed by atoms with van der Waals surface area (Å²) in [5, 5.41) is 14.0. The normalized spacial score (nSPS) is 10.6. The zero-order valence-electron chi connectivity index (χ0n) is 10.2. The van der Waals surface area contributed by atoms with Crippen LogP contribution in [0.5, 0.6) is 5.75 Å². The third-order valence-corrected chi connectivity index (χ3v) is 2.53. The van der Waals surface area contributed by atoms with Gasteiger partial charge in [0.15, 0.2) is 5.75 Å². The molecule has 0 unspecified atom stereocenters. The number of H-pyrrole nitrogens is 1. The van der Waals surface area contributed by atoms with Gasteiger partial charge in [-0.25, -0.2) is 4.98 Å². The number of ether oxygens (including phenoxy) is 1. The molecule has 1 aromatic carbocycles. The fourth-order valence-electron chi connectivity index (χ4n) is 1.61. The highest BCUT2D eigenvalue weighted by Gasteiger charge is 2.18. The van der Waals surface area contributed by atoms with Gasteiger partial charge in [-0.1, -0.05) is 0 Å². The van der Waals surface area contributed by atoms with E-state index in [4.69, 9.17) is 4.74 Å². The molecule has 0 aliphatic heterocycles. The van der Waals surface area contributed by atoms with E-state index in [2.05, 4.69) is 15.3 Å². The van der Waals surface area contributed by atoms with Crippen molar-refractivity contribution in [1.29, 1.82) is 0 Å². The van der Waals surface area contributed by atoms with E-state index >= 15 is 0 Å². The van der Waals surface area contributed by atoms with Gasteiger partial charge < -0.3 is 15.0 Å².